The third-order valence-corrected chi connectivity index (χ3v) is 5.10. The summed E-state index contributed by atoms with van der Waals surface area (Å²) in [5, 5.41) is 8.23. The number of carbonyl (C=O) groups is 1. The van der Waals surface area contributed by atoms with Crippen LogP contribution in [0.25, 0.3) is 5.78 Å². The Morgan fingerprint density at radius 1 is 1.21 bits per heavy atom. The first-order valence-corrected chi connectivity index (χ1v) is 10.0. The van der Waals surface area contributed by atoms with Gasteiger partial charge in [-0.1, -0.05) is 19.0 Å². The molecule has 10 nitrogen and oxygen atoms in total. The lowest BCUT2D eigenvalue weighted by atomic mass is 10.2. The second-order valence-electron chi connectivity index (χ2n) is 7.65. The second kappa shape index (κ2) is 8.14. The molecule has 3 aromatic heterocycles. The van der Waals surface area contributed by atoms with Crippen molar-refractivity contribution in [2.75, 3.05) is 31.1 Å². The van der Waals surface area contributed by atoms with Crippen molar-refractivity contribution >= 4 is 17.5 Å². The summed E-state index contributed by atoms with van der Waals surface area (Å²) in [6.07, 6.45) is 3.34. The molecular weight excluding hydrogens is 372 g/mol. The fourth-order valence-electron chi connectivity index (χ4n) is 3.47. The molecule has 1 aliphatic rings. The predicted molar refractivity (Wildman–Crippen MR) is 106 cm³/mol. The van der Waals surface area contributed by atoms with Gasteiger partial charge in [0, 0.05) is 56.7 Å². The van der Waals surface area contributed by atoms with E-state index in [1.54, 1.807) is 4.52 Å². The highest BCUT2D eigenvalue weighted by Gasteiger charge is 2.23. The van der Waals surface area contributed by atoms with E-state index >= 15 is 0 Å². The van der Waals surface area contributed by atoms with Crippen molar-refractivity contribution in [3.63, 3.8) is 0 Å². The maximum Gasteiger partial charge on any atom is 0.254 e. The van der Waals surface area contributed by atoms with Crippen molar-refractivity contribution in [2.24, 2.45) is 0 Å². The molecule has 154 valence electrons. The highest BCUT2D eigenvalue weighted by molar-refractivity contribution is 5.76. The first-order chi connectivity index (χ1) is 14.0. The molecule has 29 heavy (non-hydrogen) atoms. The van der Waals surface area contributed by atoms with Crippen molar-refractivity contribution in [3.05, 3.63) is 29.8 Å². The van der Waals surface area contributed by atoms with Crippen molar-refractivity contribution in [1.29, 1.82) is 0 Å². The molecule has 0 N–H and O–H groups in total. The van der Waals surface area contributed by atoms with Crippen LogP contribution >= 0.6 is 0 Å². The molecule has 3 aromatic rings. The Labute approximate surface area is 168 Å². The quantitative estimate of drug-likeness (QED) is 0.617. The summed E-state index contributed by atoms with van der Waals surface area (Å²) in [6, 6.07) is 2.01. The van der Waals surface area contributed by atoms with Gasteiger partial charge in [0.25, 0.3) is 5.78 Å². The Morgan fingerprint density at radius 3 is 2.72 bits per heavy atom. The third kappa shape index (κ3) is 4.20. The number of hydrogen-bond acceptors (Lipinski definition) is 8. The topological polar surface area (TPSA) is 106 Å². The van der Waals surface area contributed by atoms with Gasteiger partial charge in [-0.2, -0.15) is 19.6 Å². The molecule has 0 atom stereocenters. The number of amides is 1. The highest BCUT2D eigenvalue weighted by atomic mass is 16.5. The lowest BCUT2D eigenvalue weighted by Gasteiger charge is -2.36. The molecule has 1 saturated heterocycles. The summed E-state index contributed by atoms with van der Waals surface area (Å²) in [5.41, 5.74) is 0.903. The van der Waals surface area contributed by atoms with E-state index in [0.29, 0.717) is 44.0 Å². The van der Waals surface area contributed by atoms with E-state index in [9.17, 15) is 4.79 Å². The second-order valence-corrected chi connectivity index (χ2v) is 7.65. The van der Waals surface area contributed by atoms with Gasteiger partial charge in [-0.15, -0.1) is 0 Å². The predicted octanol–water partition coefficient (Wildman–Crippen LogP) is 1.61. The molecular formula is C19H26N8O2. The van der Waals surface area contributed by atoms with Crippen LogP contribution in [-0.4, -0.2) is 66.7 Å². The maximum absolute atomic E-state index is 12.6. The molecule has 0 spiro atoms. The van der Waals surface area contributed by atoms with Gasteiger partial charge >= 0.3 is 0 Å². The zero-order chi connectivity index (χ0) is 20.4. The molecule has 1 fully saturated rings. The number of carbonyl (C=O) groups excluding carboxylic acids is 1. The normalized spacial score (nSPS) is 14.9. The SMILES string of the molecule is Cc1cc(N2CCN(C(=O)CCCc3nc(C(C)C)no3)CC2)n2ncnc2n1. The van der Waals surface area contributed by atoms with E-state index in [1.807, 2.05) is 31.7 Å². The van der Waals surface area contributed by atoms with Gasteiger partial charge in [0.15, 0.2) is 5.82 Å². The van der Waals surface area contributed by atoms with Crippen molar-refractivity contribution in [3.8, 4) is 0 Å². The van der Waals surface area contributed by atoms with Crippen LogP contribution in [0.4, 0.5) is 5.82 Å². The summed E-state index contributed by atoms with van der Waals surface area (Å²) in [5.74, 6) is 3.31. The number of fused-ring (bicyclic) bond motifs is 1. The third-order valence-electron chi connectivity index (χ3n) is 5.10. The fourth-order valence-corrected chi connectivity index (χ4v) is 3.47. The van der Waals surface area contributed by atoms with Crippen molar-refractivity contribution in [1.82, 2.24) is 34.6 Å². The van der Waals surface area contributed by atoms with Crippen LogP contribution in [0.3, 0.4) is 0 Å². The van der Waals surface area contributed by atoms with Crippen LogP contribution in [-0.2, 0) is 11.2 Å². The summed E-state index contributed by atoms with van der Waals surface area (Å²) >= 11 is 0. The van der Waals surface area contributed by atoms with Crippen LogP contribution in [0.1, 0.15) is 50.0 Å². The lowest BCUT2D eigenvalue weighted by molar-refractivity contribution is -0.131. The summed E-state index contributed by atoms with van der Waals surface area (Å²) in [4.78, 5) is 29.7. The van der Waals surface area contributed by atoms with Crippen molar-refractivity contribution in [2.45, 2.75) is 46.0 Å². The van der Waals surface area contributed by atoms with E-state index in [2.05, 4.69) is 30.1 Å². The minimum absolute atomic E-state index is 0.171. The van der Waals surface area contributed by atoms with Crippen molar-refractivity contribution < 1.29 is 9.32 Å². The molecule has 0 aliphatic carbocycles. The van der Waals surface area contributed by atoms with E-state index in [-0.39, 0.29) is 11.8 Å². The number of piperazine rings is 1. The Kier molecular flexibility index (Phi) is 5.41. The standard InChI is InChI=1S/C19H26N8O2/c1-13(2)18-23-15(29-24-18)5-4-6-17(28)26-9-7-25(8-10-26)16-11-14(3)22-19-20-12-21-27(16)19/h11-13H,4-10H2,1-3H3. The Bertz CT molecular complexity index is 987. The average Bonchev–Trinajstić information content (AvgIpc) is 3.37. The van der Waals surface area contributed by atoms with E-state index < -0.39 is 0 Å². The van der Waals surface area contributed by atoms with Gasteiger partial charge in [0.2, 0.25) is 11.8 Å². The highest BCUT2D eigenvalue weighted by Crippen LogP contribution is 2.18. The summed E-state index contributed by atoms with van der Waals surface area (Å²) < 4.78 is 6.99. The number of aryl methyl sites for hydroxylation is 2. The zero-order valence-electron chi connectivity index (χ0n) is 17.1. The van der Waals surface area contributed by atoms with Gasteiger partial charge in [-0.25, -0.2) is 4.98 Å². The van der Waals surface area contributed by atoms with Crippen LogP contribution in [0.15, 0.2) is 16.9 Å². The molecule has 0 aromatic carbocycles. The number of hydrogen-bond donors (Lipinski definition) is 0. The molecule has 0 unspecified atom stereocenters. The van der Waals surface area contributed by atoms with E-state index in [1.165, 1.54) is 6.33 Å². The summed E-state index contributed by atoms with van der Waals surface area (Å²) in [6.45, 7) is 8.89. The minimum Gasteiger partial charge on any atom is -0.353 e. The molecule has 1 aliphatic heterocycles. The fraction of sp³-hybridized carbons (Fsp3) is 0.579. The number of rotatable bonds is 6. The largest absolute Gasteiger partial charge is 0.353 e. The van der Waals surface area contributed by atoms with Crippen LogP contribution in [0.5, 0.6) is 0 Å². The maximum atomic E-state index is 12.6. The lowest BCUT2D eigenvalue weighted by Crippen LogP contribution is -2.49. The molecule has 0 radical (unpaired) electrons. The van der Waals surface area contributed by atoms with Gasteiger partial charge in [0.1, 0.15) is 12.1 Å². The molecule has 10 heteroatoms. The Hall–Kier alpha value is -3.04. The molecule has 0 bridgehead atoms. The summed E-state index contributed by atoms with van der Waals surface area (Å²) in [7, 11) is 0. The van der Waals surface area contributed by atoms with Gasteiger partial charge in [-0.3, -0.25) is 4.79 Å². The molecule has 1 amide bonds. The van der Waals surface area contributed by atoms with Crippen LogP contribution in [0, 0.1) is 6.92 Å². The monoisotopic (exact) mass is 398 g/mol. The van der Waals surface area contributed by atoms with E-state index in [4.69, 9.17) is 4.52 Å². The molecule has 0 saturated carbocycles. The molecule has 4 heterocycles. The van der Waals surface area contributed by atoms with Gasteiger partial charge < -0.3 is 14.3 Å². The zero-order valence-corrected chi connectivity index (χ0v) is 17.1. The van der Waals surface area contributed by atoms with Gasteiger partial charge in [-0.05, 0) is 13.3 Å². The first-order valence-electron chi connectivity index (χ1n) is 10.0. The smallest absolute Gasteiger partial charge is 0.254 e. The number of aromatic nitrogens is 6. The van der Waals surface area contributed by atoms with E-state index in [0.717, 1.165) is 30.4 Å². The number of nitrogens with zero attached hydrogens (tertiary/aromatic N) is 8. The van der Waals surface area contributed by atoms with Crippen LogP contribution < -0.4 is 4.90 Å². The average molecular weight is 398 g/mol. The molecule has 4 rings (SSSR count). The Morgan fingerprint density at radius 2 is 2.00 bits per heavy atom. The first kappa shape index (κ1) is 19.3. The minimum atomic E-state index is 0.171. The number of anilines is 1. The van der Waals surface area contributed by atoms with Crippen LogP contribution in [0.2, 0.25) is 0 Å². The Balaban J connectivity index is 1.28. The van der Waals surface area contributed by atoms with Gasteiger partial charge in [0.05, 0.1) is 0 Å².